The van der Waals surface area contributed by atoms with Gasteiger partial charge in [-0.15, -0.1) is 0 Å². The smallest absolute Gasteiger partial charge is 0.264 e. The van der Waals surface area contributed by atoms with Crippen molar-refractivity contribution in [1.29, 1.82) is 0 Å². The molecule has 9 nitrogen and oxygen atoms in total. The summed E-state index contributed by atoms with van der Waals surface area (Å²) in [7, 11) is -2.12. The van der Waals surface area contributed by atoms with Crippen LogP contribution in [-0.4, -0.2) is 56.3 Å². The number of benzene rings is 2. The first-order valence-electron chi connectivity index (χ1n) is 10.4. The number of hydrogen-bond acceptors (Lipinski definition) is 7. The minimum atomic E-state index is -3.60. The Kier molecular flexibility index (Phi) is 7.06. The molecule has 1 heterocycles. The van der Waals surface area contributed by atoms with Crippen LogP contribution < -0.4 is 14.8 Å². The molecule has 1 aliphatic heterocycles. The average Bonchev–Trinajstić information content (AvgIpc) is 3.03. The second kappa shape index (κ2) is 9.62. The van der Waals surface area contributed by atoms with Crippen LogP contribution in [0.15, 0.2) is 36.4 Å². The molecule has 3 rings (SSSR count). The van der Waals surface area contributed by atoms with Gasteiger partial charge in [-0.3, -0.25) is 19.3 Å². The van der Waals surface area contributed by atoms with Crippen LogP contribution in [0.2, 0.25) is 0 Å². The molecule has 10 heteroatoms. The zero-order valence-corrected chi connectivity index (χ0v) is 19.7. The van der Waals surface area contributed by atoms with Crippen LogP contribution >= 0.6 is 0 Å². The molecule has 3 amide bonds. The third kappa shape index (κ3) is 4.85. The number of rotatable bonds is 9. The molecule has 0 aromatic heterocycles. The molecule has 1 atom stereocenters. The maximum atomic E-state index is 13.4. The highest BCUT2D eigenvalue weighted by molar-refractivity contribution is 7.91. The lowest BCUT2D eigenvalue weighted by atomic mass is 10.1. The van der Waals surface area contributed by atoms with Gasteiger partial charge in [0.25, 0.3) is 11.8 Å². The summed E-state index contributed by atoms with van der Waals surface area (Å²) in [5.41, 5.74) is 0.744. The SMILES string of the molecule is CCOc1cc(C(CS(=O)(=O)CC)N2C(=O)c3cccc(NC(C)=O)c3C2=O)ccc1OC. The van der Waals surface area contributed by atoms with Gasteiger partial charge in [0.15, 0.2) is 21.3 Å². The van der Waals surface area contributed by atoms with Crippen molar-refractivity contribution in [2.24, 2.45) is 0 Å². The van der Waals surface area contributed by atoms with Crippen molar-refractivity contribution < 1.29 is 32.3 Å². The fourth-order valence-corrected chi connectivity index (χ4v) is 4.79. The number of methoxy groups -OCH3 is 1. The number of anilines is 1. The van der Waals surface area contributed by atoms with Crippen molar-refractivity contribution in [1.82, 2.24) is 4.90 Å². The standard InChI is InChI=1S/C23H26N2O7S/c1-5-32-20-12-15(10-11-19(20)31-4)18(13-33(29,30)6-2)25-22(27)16-8-7-9-17(24-14(3)26)21(16)23(25)28/h7-12,18H,5-6,13H2,1-4H3,(H,24,26). The number of fused-ring (bicyclic) bond motifs is 1. The van der Waals surface area contributed by atoms with Gasteiger partial charge in [0.1, 0.15) is 0 Å². The van der Waals surface area contributed by atoms with E-state index in [1.165, 1.54) is 33.1 Å². The summed E-state index contributed by atoms with van der Waals surface area (Å²) >= 11 is 0. The van der Waals surface area contributed by atoms with Gasteiger partial charge in [-0.25, -0.2) is 8.42 Å². The second-order valence-corrected chi connectivity index (χ2v) is 9.85. The number of ether oxygens (including phenoxy) is 2. The number of hydrogen-bond donors (Lipinski definition) is 1. The molecule has 176 valence electrons. The normalized spacial score (nSPS) is 14.1. The van der Waals surface area contributed by atoms with Crippen LogP contribution in [0.5, 0.6) is 11.5 Å². The maximum absolute atomic E-state index is 13.4. The van der Waals surface area contributed by atoms with E-state index in [1.54, 1.807) is 31.2 Å². The van der Waals surface area contributed by atoms with Gasteiger partial charge in [0, 0.05) is 12.7 Å². The van der Waals surface area contributed by atoms with Crippen molar-refractivity contribution in [3.05, 3.63) is 53.1 Å². The number of carbonyl (C=O) groups excluding carboxylic acids is 3. The molecule has 0 spiro atoms. The molecule has 2 aromatic carbocycles. The van der Waals surface area contributed by atoms with E-state index in [-0.39, 0.29) is 22.6 Å². The Morgan fingerprint density at radius 2 is 1.82 bits per heavy atom. The van der Waals surface area contributed by atoms with Crippen molar-refractivity contribution in [2.45, 2.75) is 26.8 Å². The fourth-order valence-electron chi connectivity index (χ4n) is 3.73. The summed E-state index contributed by atoms with van der Waals surface area (Å²) in [5, 5.41) is 2.56. The Hall–Kier alpha value is -3.40. The predicted octanol–water partition coefficient (Wildman–Crippen LogP) is 2.82. The number of imide groups is 1. The topological polar surface area (TPSA) is 119 Å². The van der Waals surface area contributed by atoms with E-state index in [4.69, 9.17) is 9.47 Å². The van der Waals surface area contributed by atoms with Gasteiger partial charge in [-0.2, -0.15) is 0 Å². The van der Waals surface area contributed by atoms with Crippen LogP contribution in [0, 0.1) is 0 Å². The van der Waals surface area contributed by atoms with Gasteiger partial charge < -0.3 is 14.8 Å². The van der Waals surface area contributed by atoms with E-state index in [9.17, 15) is 22.8 Å². The van der Waals surface area contributed by atoms with E-state index < -0.39 is 39.4 Å². The monoisotopic (exact) mass is 474 g/mol. The summed E-state index contributed by atoms with van der Waals surface area (Å²) in [6, 6.07) is 8.24. The van der Waals surface area contributed by atoms with E-state index >= 15 is 0 Å². The summed E-state index contributed by atoms with van der Waals surface area (Å²) < 4.78 is 36.1. The van der Waals surface area contributed by atoms with E-state index in [2.05, 4.69) is 5.32 Å². The summed E-state index contributed by atoms with van der Waals surface area (Å²) in [4.78, 5) is 39.3. The van der Waals surface area contributed by atoms with Crippen molar-refractivity contribution >= 4 is 33.2 Å². The van der Waals surface area contributed by atoms with Crippen molar-refractivity contribution in [3.8, 4) is 11.5 Å². The summed E-state index contributed by atoms with van der Waals surface area (Å²) in [6.45, 7) is 4.93. The molecule has 0 saturated carbocycles. The van der Waals surface area contributed by atoms with E-state index in [1.807, 2.05) is 0 Å². The van der Waals surface area contributed by atoms with Crippen LogP contribution in [0.3, 0.4) is 0 Å². The van der Waals surface area contributed by atoms with E-state index in [0.717, 1.165) is 4.90 Å². The van der Waals surface area contributed by atoms with Crippen LogP contribution in [0.1, 0.15) is 53.1 Å². The quantitative estimate of drug-likeness (QED) is 0.555. The zero-order chi connectivity index (χ0) is 24.3. The van der Waals surface area contributed by atoms with Crippen molar-refractivity contribution in [2.75, 3.05) is 30.5 Å². The molecular weight excluding hydrogens is 448 g/mol. The lowest BCUT2D eigenvalue weighted by Crippen LogP contribution is -2.38. The van der Waals surface area contributed by atoms with Crippen LogP contribution in [-0.2, 0) is 14.6 Å². The Bertz CT molecular complexity index is 1210. The maximum Gasteiger partial charge on any atom is 0.264 e. The lowest BCUT2D eigenvalue weighted by Gasteiger charge is -2.27. The lowest BCUT2D eigenvalue weighted by molar-refractivity contribution is -0.114. The van der Waals surface area contributed by atoms with Gasteiger partial charge in [0.2, 0.25) is 5.91 Å². The first-order chi connectivity index (χ1) is 15.6. The Labute approximate surface area is 192 Å². The average molecular weight is 475 g/mol. The number of nitrogens with zero attached hydrogens (tertiary/aromatic N) is 1. The molecule has 0 bridgehead atoms. The molecular formula is C23H26N2O7S. The highest BCUT2D eigenvalue weighted by atomic mass is 32.2. The molecule has 1 aliphatic rings. The number of amides is 3. The van der Waals surface area contributed by atoms with Crippen LogP contribution in [0.4, 0.5) is 5.69 Å². The number of carbonyl (C=O) groups is 3. The Balaban J connectivity index is 2.14. The molecule has 0 saturated heterocycles. The van der Waals surface area contributed by atoms with Gasteiger partial charge in [-0.1, -0.05) is 19.1 Å². The molecule has 33 heavy (non-hydrogen) atoms. The largest absolute Gasteiger partial charge is 0.493 e. The van der Waals surface area contributed by atoms with Crippen molar-refractivity contribution in [3.63, 3.8) is 0 Å². The molecule has 0 aliphatic carbocycles. The third-order valence-electron chi connectivity index (χ3n) is 5.29. The first-order valence-corrected chi connectivity index (χ1v) is 12.2. The van der Waals surface area contributed by atoms with Gasteiger partial charge >= 0.3 is 0 Å². The highest BCUT2D eigenvalue weighted by Crippen LogP contribution is 2.38. The number of nitrogens with one attached hydrogen (secondary N) is 1. The third-order valence-corrected chi connectivity index (χ3v) is 7.00. The number of sulfone groups is 1. The molecule has 1 N–H and O–H groups in total. The van der Waals surface area contributed by atoms with E-state index in [0.29, 0.717) is 23.7 Å². The predicted molar refractivity (Wildman–Crippen MR) is 122 cm³/mol. The molecule has 2 aromatic rings. The molecule has 0 radical (unpaired) electrons. The summed E-state index contributed by atoms with van der Waals surface area (Å²) in [6.07, 6.45) is 0. The second-order valence-electron chi connectivity index (χ2n) is 7.45. The summed E-state index contributed by atoms with van der Waals surface area (Å²) in [5.74, 6) is -1.51. The Morgan fingerprint density at radius 1 is 1.09 bits per heavy atom. The molecule has 1 unspecified atom stereocenters. The zero-order valence-electron chi connectivity index (χ0n) is 18.9. The van der Waals surface area contributed by atoms with Crippen LogP contribution in [0.25, 0.3) is 0 Å². The van der Waals surface area contributed by atoms with Gasteiger partial charge in [0.05, 0.1) is 42.3 Å². The molecule has 0 fully saturated rings. The Morgan fingerprint density at radius 3 is 2.42 bits per heavy atom. The van der Waals surface area contributed by atoms with Gasteiger partial charge in [-0.05, 0) is 36.8 Å². The minimum absolute atomic E-state index is 0.0372. The first kappa shape index (κ1) is 24.2. The fraction of sp³-hybridized carbons (Fsp3) is 0.348. The highest BCUT2D eigenvalue weighted by Gasteiger charge is 2.43. The minimum Gasteiger partial charge on any atom is -0.493 e.